The Labute approximate surface area is 154 Å². The van der Waals surface area contributed by atoms with Crippen molar-refractivity contribution in [2.75, 3.05) is 45.4 Å². The molecule has 0 saturated carbocycles. The summed E-state index contributed by atoms with van der Waals surface area (Å²) in [5.41, 5.74) is 7.77. The van der Waals surface area contributed by atoms with E-state index >= 15 is 0 Å². The van der Waals surface area contributed by atoms with Gasteiger partial charge >= 0.3 is 11.9 Å². The van der Waals surface area contributed by atoms with E-state index in [1.165, 1.54) is 0 Å². The minimum Gasteiger partial charge on any atom is -0.480 e. The van der Waals surface area contributed by atoms with Crippen molar-refractivity contribution < 1.29 is 28.9 Å². The van der Waals surface area contributed by atoms with Crippen molar-refractivity contribution in [2.24, 2.45) is 5.73 Å². The third-order valence-corrected chi connectivity index (χ3v) is 3.27. The van der Waals surface area contributed by atoms with Gasteiger partial charge in [-0.2, -0.15) is 0 Å². The highest BCUT2D eigenvalue weighted by Gasteiger charge is 2.15. The number of carbonyl (C=O) groups excluding carboxylic acids is 1. The molecular formula is C18H30N2O6. The molecule has 0 aliphatic rings. The molecule has 0 spiro atoms. The van der Waals surface area contributed by atoms with E-state index in [0.717, 1.165) is 16.8 Å². The van der Waals surface area contributed by atoms with Gasteiger partial charge in [-0.05, 0) is 31.9 Å². The summed E-state index contributed by atoms with van der Waals surface area (Å²) in [6.07, 6.45) is 0. The van der Waals surface area contributed by atoms with Crippen molar-refractivity contribution in [1.29, 1.82) is 0 Å². The van der Waals surface area contributed by atoms with Crippen molar-refractivity contribution in [3.8, 4) is 0 Å². The number of rotatable bonds is 10. The summed E-state index contributed by atoms with van der Waals surface area (Å²) in [5.74, 6) is -1.25. The van der Waals surface area contributed by atoms with Gasteiger partial charge in [-0.25, -0.2) is 4.79 Å². The fraction of sp³-hybridized carbons (Fsp3) is 0.556. The molecule has 1 aromatic rings. The molecule has 1 atom stereocenters. The van der Waals surface area contributed by atoms with Crippen LogP contribution in [-0.4, -0.2) is 63.2 Å². The lowest BCUT2D eigenvalue weighted by Crippen LogP contribution is -2.29. The zero-order valence-corrected chi connectivity index (χ0v) is 15.9. The quantitative estimate of drug-likeness (QED) is 0.417. The molecular weight excluding hydrogens is 340 g/mol. The first-order valence-electron chi connectivity index (χ1n) is 8.31. The highest BCUT2D eigenvalue weighted by Crippen LogP contribution is 2.20. The van der Waals surface area contributed by atoms with E-state index in [0.29, 0.717) is 19.8 Å². The van der Waals surface area contributed by atoms with Gasteiger partial charge in [0.15, 0.2) is 0 Å². The Morgan fingerprint density at radius 1 is 1.15 bits per heavy atom. The summed E-state index contributed by atoms with van der Waals surface area (Å²) >= 11 is 0. The number of carboxylic acid groups (broad SMARTS) is 1. The number of carbonyl (C=O) groups is 2. The van der Waals surface area contributed by atoms with E-state index in [4.69, 9.17) is 19.3 Å². The fourth-order valence-electron chi connectivity index (χ4n) is 1.89. The molecule has 0 bridgehead atoms. The average Bonchev–Trinajstić information content (AvgIpc) is 2.61. The number of ether oxygens (including phenoxy) is 3. The Hall–Kier alpha value is -2.16. The second kappa shape index (κ2) is 14.1. The Bertz CT molecular complexity index is 530. The molecule has 0 aliphatic heterocycles. The lowest BCUT2D eigenvalue weighted by molar-refractivity contribution is -0.145. The zero-order valence-electron chi connectivity index (χ0n) is 15.9. The lowest BCUT2D eigenvalue weighted by atomic mass is 10.1. The predicted octanol–water partition coefficient (Wildman–Crippen LogP) is 1.34. The molecule has 0 radical (unpaired) electrons. The van der Waals surface area contributed by atoms with Gasteiger partial charge in [0.2, 0.25) is 0 Å². The third kappa shape index (κ3) is 10.7. The largest absolute Gasteiger partial charge is 0.480 e. The van der Waals surface area contributed by atoms with Gasteiger partial charge in [0.25, 0.3) is 0 Å². The predicted molar refractivity (Wildman–Crippen MR) is 99.3 cm³/mol. The molecule has 1 aromatic carbocycles. The van der Waals surface area contributed by atoms with Crippen molar-refractivity contribution in [2.45, 2.75) is 26.8 Å². The number of hydrogen-bond donors (Lipinski definition) is 3. The molecule has 4 N–H and O–H groups in total. The molecule has 0 amide bonds. The monoisotopic (exact) mass is 370 g/mol. The lowest BCUT2D eigenvalue weighted by Gasteiger charge is -2.18. The number of esters is 1. The zero-order chi connectivity index (χ0) is 19.9. The molecule has 26 heavy (non-hydrogen) atoms. The Kier molecular flexibility index (Phi) is 12.9. The number of aryl methyl sites for hydroxylation is 2. The van der Waals surface area contributed by atoms with E-state index in [1.807, 2.05) is 32.0 Å². The summed E-state index contributed by atoms with van der Waals surface area (Å²) in [5, 5.41) is 10.8. The number of aliphatic carboxylic acids is 1. The Balaban J connectivity index is 0.00000110. The SMILES string of the molecule is COCCOCCOC(=O)[C@H](C)Nc1c(C)cccc1C.NCC(=O)O. The number of anilines is 1. The minimum atomic E-state index is -0.968. The van der Waals surface area contributed by atoms with Crippen LogP contribution in [0.1, 0.15) is 18.1 Å². The standard InChI is InChI=1S/C16H25NO4.C2H5NO2/c1-12-6-5-7-13(2)15(12)17-14(3)16(18)21-11-10-20-9-8-19-4;3-1-2(4)5/h5-7,14,17H,8-11H2,1-4H3;1,3H2,(H,4,5)/t14-;/m0./s1. The third-order valence-electron chi connectivity index (χ3n) is 3.27. The molecule has 0 heterocycles. The minimum absolute atomic E-state index is 0.251. The van der Waals surface area contributed by atoms with Crippen LogP contribution in [0.25, 0.3) is 0 Å². The number of carboxylic acids is 1. The van der Waals surface area contributed by atoms with Crippen molar-refractivity contribution in [3.05, 3.63) is 29.3 Å². The molecule has 1 rings (SSSR count). The van der Waals surface area contributed by atoms with Crippen LogP contribution >= 0.6 is 0 Å². The second-order valence-electron chi connectivity index (χ2n) is 5.50. The van der Waals surface area contributed by atoms with Gasteiger partial charge in [0.1, 0.15) is 12.6 Å². The number of para-hydroxylation sites is 1. The molecule has 0 fully saturated rings. The topological polar surface area (TPSA) is 120 Å². The number of benzene rings is 1. The van der Waals surface area contributed by atoms with Gasteiger partial charge in [-0.15, -0.1) is 0 Å². The highest BCUT2D eigenvalue weighted by atomic mass is 16.6. The number of nitrogens with two attached hydrogens (primary N) is 1. The summed E-state index contributed by atoms with van der Waals surface area (Å²) in [7, 11) is 1.62. The first kappa shape index (κ1) is 23.8. The van der Waals surface area contributed by atoms with Crippen LogP contribution in [0.2, 0.25) is 0 Å². The number of methoxy groups -OCH3 is 1. The molecule has 0 unspecified atom stereocenters. The van der Waals surface area contributed by atoms with Crippen LogP contribution in [0.3, 0.4) is 0 Å². The second-order valence-corrected chi connectivity index (χ2v) is 5.50. The van der Waals surface area contributed by atoms with E-state index in [2.05, 4.69) is 11.1 Å². The van der Waals surface area contributed by atoms with Crippen molar-refractivity contribution in [3.63, 3.8) is 0 Å². The first-order chi connectivity index (χ1) is 12.3. The van der Waals surface area contributed by atoms with Gasteiger partial charge in [-0.1, -0.05) is 18.2 Å². The molecule has 148 valence electrons. The highest BCUT2D eigenvalue weighted by molar-refractivity contribution is 5.79. The van der Waals surface area contributed by atoms with Crippen LogP contribution in [0.15, 0.2) is 18.2 Å². The maximum Gasteiger partial charge on any atom is 0.328 e. The molecule has 0 saturated heterocycles. The molecule has 0 aliphatic carbocycles. The summed E-state index contributed by atoms with van der Waals surface area (Å²) in [6, 6.07) is 5.62. The van der Waals surface area contributed by atoms with E-state index in [1.54, 1.807) is 14.0 Å². The van der Waals surface area contributed by atoms with Crippen LogP contribution in [0.5, 0.6) is 0 Å². The first-order valence-corrected chi connectivity index (χ1v) is 8.31. The Morgan fingerprint density at radius 3 is 2.19 bits per heavy atom. The van der Waals surface area contributed by atoms with Gasteiger partial charge in [0, 0.05) is 12.8 Å². The van der Waals surface area contributed by atoms with E-state index < -0.39 is 12.0 Å². The summed E-state index contributed by atoms with van der Waals surface area (Å²) in [4.78, 5) is 21.1. The summed E-state index contributed by atoms with van der Waals surface area (Å²) < 4.78 is 15.3. The normalized spacial score (nSPS) is 11.1. The average molecular weight is 370 g/mol. The Morgan fingerprint density at radius 2 is 1.69 bits per heavy atom. The molecule has 8 heteroatoms. The molecule has 0 aromatic heterocycles. The van der Waals surface area contributed by atoms with Crippen molar-refractivity contribution in [1.82, 2.24) is 0 Å². The maximum atomic E-state index is 11.9. The summed E-state index contributed by atoms with van der Waals surface area (Å²) in [6.45, 7) is 7.21. The van der Waals surface area contributed by atoms with Gasteiger partial charge in [-0.3, -0.25) is 4.79 Å². The van der Waals surface area contributed by atoms with Gasteiger partial charge in [0.05, 0.1) is 26.4 Å². The van der Waals surface area contributed by atoms with Crippen LogP contribution in [0.4, 0.5) is 5.69 Å². The van der Waals surface area contributed by atoms with Gasteiger partial charge < -0.3 is 30.4 Å². The number of hydrogen-bond acceptors (Lipinski definition) is 7. The van der Waals surface area contributed by atoms with E-state index in [9.17, 15) is 9.59 Å². The maximum absolute atomic E-state index is 11.9. The van der Waals surface area contributed by atoms with Crippen LogP contribution in [-0.2, 0) is 23.8 Å². The number of nitrogens with one attached hydrogen (secondary N) is 1. The smallest absolute Gasteiger partial charge is 0.328 e. The van der Waals surface area contributed by atoms with E-state index in [-0.39, 0.29) is 19.1 Å². The molecule has 8 nitrogen and oxygen atoms in total. The van der Waals surface area contributed by atoms with Crippen molar-refractivity contribution >= 4 is 17.6 Å². The fourth-order valence-corrected chi connectivity index (χ4v) is 1.89. The van der Waals surface area contributed by atoms with Crippen LogP contribution < -0.4 is 11.1 Å². The van der Waals surface area contributed by atoms with Crippen LogP contribution in [0, 0.1) is 13.8 Å².